The van der Waals surface area contributed by atoms with Crippen molar-refractivity contribution in [2.45, 2.75) is 50.5 Å². The second-order valence-electron chi connectivity index (χ2n) is 9.67. The Labute approximate surface area is 213 Å². The Balaban J connectivity index is 1.16. The maximum absolute atomic E-state index is 13.4. The lowest BCUT2D eigenvalue weighted by Gasteiger charge is -2.30. The molecule has 194 valence electrons. The monoisotopic (exact) mass is 509 g/mol. The van der Waals surface area contributed by atoms with Crippen molar-refractivity contribution in [3.63, 3.8) is 0 Å². The molecular formula is C28H30F3N5O. The van der Waals surface area contributed by atoms with E-state index in [2.05, 4.69) is 10.6 Å². The van der Waals surface area contributed by atoms with Gasteiger partial charge < -0.3 is 20.0 Å². The molecule has 6 nitrogen and oxygen atoms in total. The highest BCUT2D eigenvalue weighted by atomic mass is 19.4. The fourth-order valence-electron chi connectivity index (χ4n) is 4.90. The van der Waals surface area contributed by atoms with Crippen molar-refractivity contribution in [1.29, 1.82) is 0 Å². The number of fused-ring (bicyclic) bond motifs is 1. The number of hydrogen-bond acceptors (Lipinski definition) is 6. The quantitative estimate of drug-likeness (QED) is 0.297. The van der Waals surface area contributed by atoms with Crippen LogP contribution in [0.15, 0.2) is 65.1 Å². The molecule has 0 radical (unpaired) electrons. The first-order valence-corrected chi connectivity index (χ1v) is 12.5. The van der Waals surface area contributed by atoms with Gasteiger partial charge >= 0.3 is 6.18 Å². The van der Waals surface area contributed by atoms with E-state index in [4.69, 9.17) is 14.4 Å². The second kappa shape index (κ2) is 10.4. The summed E-state index contributed by atoms with van der Waals surface area (Å²) in [7, 11) is 3.96. The van der Waals surface area contributed by atoms with Gasteiger partial charge in [-0.3, -0.25) is 0 Å². The smallest absolute Gasteiger partial charge is 0.417 e. The summed E-state index contributed by atoms with van der Waals surface area (Å²) in [6.07, 6.45) is -0.562. The predicted octanol–water partition coefficient (Wildman–Crippen LogP) is 6.49. The number of benzene rings is 2. The van der Waals surface area contributed by atoms with Crippen LogP contribution in [0.5, 0.6) is 0 Å². The lowest BCUT2D eigenvalue weighted by molar-refractivity contribution is -0.137. The summed E-state index contributed by atoms with van der Waals surface area (Å²) in [5.41, 5.74) is 0.277. The van der Waals surface area contributed by atoms with Gasteiger partial charge in [-0.1, -0.05) is 30.3 Å². The molecule has 0 saturated heterocycles. The van der Waals surface area contributed by atoms with Crippen LogP contribution in [-0.2, 0) is 12.7 Å². The third kappa shape index (κ3) is 5.72. The third-order valence-electron chi connectivity index (χ3n) is 6.79. The Morgan fingerprint density at radius 1 is 0.892 bits per heavy atom. The number of anilines is 2. The van der Waals surface area contributed by atoms with Crippen LogP contribution in [0.2, 0.25) is 0 Å². The average molecular weight is 510 g/mol. The second-order valence-corrected chi connectivity index (χ2v) is 9.67. The fourth-order valence-corrected chi connectivity index (χ4v) is 4.90. The predicted molar refractivity (Wildman–Crippen MR) is 140 cm³/mol. The maximum Gasteiger partial charge on any atom is 0.417 e. The highest BCUT2D eigenvalue weighted by molar-refractivity contribution is 5.90. The van der Waals surface area contributed by atoms with E-state index in [0.29, 0.717) is 24.3 Å². The molecule has 1 saturated carbocycles. The van der Waals surface area contributed by atoms with Crippen molar-refractivity contribution >= 4 is 22.7 Å². The number of aromatic nitrogens is 2. The number of alkyl halides is 3. The summed E-state index contributed by atoms with van der Waals surface area (Å²) < 4.78 is 45.8. The Morgan fingerprint density at radius 3 is 2.35 bits per heavy atom. The molecular weight excluding hydrogens is 479 g/mol. The van der Waals surface area contributed by atoms with Gasteiger partial charge in [-0.2, -0.15) is 18.2 Å². The van der Waals surface area contributed by atoms with Gasteiger partial charge in [0.15, 0.2) is 0 Å². The Hall–Kier alpha value is -3.59. The number of furan rings is 1. The summed E-state index contributed by atoms with van der Waals surface area (Å²) in [6.45, 7) is 0.469. The topological polar surface area (TPSA) is 66.2 Å². The van der Waals surface area contributed by atoms with Crippen molar-refractivity contribution in [3.05, 3.63) is 72.0 Å². The molecule has 4 aromatic rings. The molecule has 0 atom stereocenters. The highest BCUT2D eigenvalue weighted by Gasteiger charge is 2.34. The van der Waals surface area contributed by atoms with Gasteiger partial charge in [0.25, 0.3) is 0 Å². The van der Waals surface area contributed by atoms with Crippen molar-refractivity contribution in [2.24, 2.45) is 0 Å². The summed E-state index contributed by atoms with van der Waals surface area (Å²) in [4.78, 5) is 11.4. The van der Waals surface area contributed by atoms with Crippen LogP contribution in [0, 0.1) is 0 Å². The zero-order valence-electron chi connectivity index (χ0n) is 20.8. The summed E-state index contributed by atoms with van der Waals surface area (Å²) in [5, 5.41) is 8.04. The molecule has 5 rings (SSSR count). The number of para-hydroxylation sites is 1. The molecule has 2 heterocycles. The van der Waals surface area contributed by atoms with Crippen molar-refractivity contribution in [3.8, 4) is 11.3 Å². The van der Waals surface area contributed by atoms with Crippen molar-refractivity contribution in [1.82, 2.24) is 15.3 Å². The Morgan fingerprint density at radius 2 is 1.59 bits per heavy atom. The van der Waals surface area contributed by atoms with E-state index in [0.717, 1.165) is 48.5 Å². The van der Waals surface area contributed by atoms with E-state index in [9.17, 15) is 13.2 Å². The lowest BCUT2D eigenvalue weighted by Crippen LogP contribution is -2.36. The number of nitrogens with zero attached hydrogens (tertiary/aromatic N) is 3. The van der Waals surface area contributed by atoms with Crippen molar-refractivity contribution < 1.29 is 17.6 Å². The normalized spacial score (nSPS) is 18.2. The highest BCUT2D eigenvalue weighted by Crippen LogP contribution is 2.37. The van der Waals surface area contributed by atoms with Crippen LogP contribution < -0.4 is 15.5 Å². The Bertz CT molecular complexity index is 1360. The van der Waals surface area contributed by atoms with Gasteiger partial charge in [0, 0.05) is 37.1 Å². The van der Waals surface area contributed by atoms with Crippen LogP contribution in [0.3, 0.4) is 0 Å². The molecule has 1 aliphatic rings. The lowest BCUT2D eigenvalue weighted by atomic mass is 9.91. The minimum atomic E-state index is -4.43. The van der Waals surface area contributed by atoms with Gasteiger partial charge in [0.1, 0.15) is 17.3 Å². The molecule has 9 heteroatoms. The molecule has 0 amide bonds. The molecule has 2 aromatic heterocycles. The molecule has 0 spiro atoms. The van der Waals surface area contributed by atoms with E-state index in [1.807, 2.05) is 43.3 Å². The maximum atomic E-state index is 13.4. The van der Waals surface area contributed by atoms with Gasteiger partial charge in [-0.25, -0.2) is 4.98 Å². The SMILES string of the molecule is CN(C)c1nc(N[C@H]2CC[C@@H](NCc3ccc(-c4ccccc4C(F)(F)F)o3)CC2)nc2ccccc12. The molecule has 2 N–H and O–H groups in total. The van der Waals surface area contributed by atoms with Crippen LogP contribution in [0.25, 0.3) is 22.2 Å². The first-order chi connectivity index (χ1) is 17.8. The largest absolute Gasteiger partial charge is 0.460 e. The van der Waals surface area contributed by atoms with E-state index in [1.54, 1.807) is 18.2 Å². The molecule has 2 aromatic carbocycles. The molecule has 1 aliphatic carbocycles. The Kier molecular flexibility index (Phi) is 7.06. The van der Waals surface area contributed by atoms with Crippen LogP contribution in [-0.4, -0.2) is 36.1 Å². The molecule has 1 fully saturated rings. The van der Waals surface area contributed by atoms with E-state index >= 15 is 0 Å². The van der Waals surface area contributed by atoms with Gasteiger partial charge in [-0.15, -0.1) is 0 Å². The van der Waals surface area contributed by atoms with Gasteiger partial charge in [0.05, 0.1) is 17.6 Å². The minimum Gasteiger partial charge on any atom is -0.460 e. The average Bonchev–Trinajstić information content (AvgIpc) is 3.36. The first kappa shape index (κ1) is 25.1. The first-order valence-electron chi connectivity index (χ1n) is 12.5. The van der Waals surface area contributed by atoms with Crippen LogP contribution in [0.1, 0.15) is 37.0 Å². The molecule has 37 heavy (non-hydrogen) atoms. The summed E-state index contributed by atoms with van der Waals surface area (Å²) in [5.74, 6) is 2.37. The fraction of sp³-hybridized carbons (Fsp3) is 0.357. The number of rotatable bonds is 7. The van der Waals surface area contributed by atoms with Gasteiger partial charge in [-0.05, 0) is 56.0 Å². The third-order valence-corrected chi connectivity index (χ3v) is 6.79. The number of hydrogen-bond donors (Lipinski definition) is 2. The van der Waals surface area contributed by atoms with E-state index in [-0.39, 0.29) is 17.4 Å². The number of halogens is 3. The zero-order valence-corrected chi connectivity index (χ0v) is 20.8. The van der Waals surface area contributed by atoms with Crippen LogP contribution >= 0.6 is 0 Å². The summed E-state index contributed by atoms with van der Waals surface area (Å²) >= 11 is 0. The van der Waals surface area contributed by atoms with Crippen molar-refractivity contribution in [2.75, 3.05) is 24.3 Å². The minimum absolute atomic E-state index is 0.0566. The van der Waals surface area contributed by atoms with Gasteiger partial charge in [0.2, 0.25) is 5.95 Å². The number of nitrogens with one attached hydrogen (secondary N) is 2. The zero-order chi connectivity index (χ0) is 26.0. The molecule has 0 aliphatic heterocycles. The van der Waals surface area contributed by atoms with Crippen LogP contribution in [0.4, 0.5) is 24.9 Å². The summed E-state index contributed by atoms with van der Waals surface area (Å²) in [6, 6.07) is 17.4. The standard InChI is InChI=1S/C28H30F3N5O/c1-36(2)26-22-8-4-6-10-24(22)34-27(35-26)33-19-13-11-18(12-14-19)32-17-20-15-16-25(37-20)21-7-3-5-9-23(21)28(29,30)31/h3-10,15-16,18-19,32H,11-14,17H2,1-2H3,(H,33,34,35)/t18-,19+. The van der Waals surface area contributed by atoms with E-state index in [1.165, 1.54) is 12.1 Å². The molecule has 0 unspecified atom stereocenters. The van der Waals surface area contributed by atoms with E-state index < -0.39 is 11.7 Å². The molecule has 0 bridgehead atoms.